The third-order valence-corrected chi connectivity index (χ3v) is 5.08. The van der Waals surface area contributed by atoms with E-state index in [4.69, 9.17) is 10.5 Å². The molecule has 0 aromatic heterocycles. The first kappa shape index (κ1) is 19.3. The van der Waals surface area contributed by atoms with Crippen molar-refractivity contribution in [1.82, 2.24) is 5.32 Å². The van der Waals surface area contributed by atoms with Crippen LogP contribution >= 0.6 is 28.3 Å². The number of methoxy groups -OCH3 is 1. The van der Waals surface area contributed by atoms with E-state index >= 15 is 0 Å². The molecule has 0 aliphatic heterocycles. The number of rotatable bonds is 5. The maximum absolute atomic E-state index is 12.6. The van der Waals surface area contributed by atoms with Crippen LogP contribution in [0, 0.1) is 5.41 Å². The molecule has 3 N–H and O–H groups in total. The fourth-order valence-electron chi connectivity index (χ4n) is 2.96. The number of nitrogens with two attached hydrogens (primary N) is 1. The minimum absolute atomic E-state index is 0. The number of amides is 1. The number of halogens is 2. The van der Waals surface area contributed by atoms with Crippen molar-refractivity contribution < 1.29 is 9.53 Å². The van der Waals surface area contributed by atoms with Gasteiger partial charge in [0.15, 0.2) is 0 Å². The minimum Gasteiger partial charge on any atom is -0.496 e. The Balaban J connectivity index is 0.00000242. The molecule has 0 radical (unpaired) electrons. The average molecular weight is 392 g/mol. The van der Waals surface area contributed by atoms with E-state index in [9.17, 15) is 4.79 Å². The van der Waals surface area contributed by atoms with E-state index in [0.717, 1.165) is 41.5 Å². The van der Waals surface area contributed by atoms with E-state index in [2.05, 4.69) is 21.2 Å². The smallest absolute Gasteiger partial charge is 0.227 e. The molecule has 1 amide bonds. The Bertz CT molecular complexity index is 519. The molecule has 1 fully saturated rings. The lowest BCUT2D eigenvalue weighted by Gasteiger charge is -2.28. The standard InChI is InChI=1S/C16H23BrN2O2.ClH/c1-11(12-5-6-14(21-2)13(17)9-12)19-15(20)16(10-18)7-3-4-8-16;/h5-6,9,11H,3-4,7-8,10,18H2,1-2H3,(H,19,20);1H. The molecule has 2 rings (SSSR count). The van der Waals surface area contributed by atoms with Crippen molar-refractivity contribution in [2.75, 3.05) is 13.7 Å². The van der Waals surface area contributed by atoms with Crippen molar-refractivity contribution >= 4 is 34.2 Å². The lowest BCUT2D eigenvalue weighted by molar-refractivity contribution is -0.131. The van der Waals surface area contributed by atoms with Gasteiger partial charge in [-0.3, -0.25) is 4.79 Å². The monoisotopic (exact) mass is 390 g/mol. The summed E-state index contributed by atoms with van der Waals surface area (Å²) in [7, 11) is 1.63. The van der Waals surface area contributed by atoms with E-state index in [-0.39, 0.29) is 29.8 Å². The molecule has 0 heterocycles. The summed E-state index contributed by atoms with van der Waals surface area (Å²) in [5, 5.41) is 3.11. The van der Waals surface area contributed by atoms with Crippen LogP contribution in [-0.2, 0) is 4.79 Å². The summed E-state index contributed by atoms with van der Waals surface area (Å²) in [6, 6.07) is 5.80. The average Bonchev–Trinajstić information content (AvgIpc) is 2.97. The third-order valence-electron chi connectivity index (χ3n) is 4.46. The molecule has 6 heteroatoms. The first-order valence-corrected chi connectivity index (χ1v) is 8.16. The first-order valence-electron chi connectivity index (χ1n) is 7.37. The van der Waals surface area contributed by atoms with Crippen LogP contribution in [0.4, 0.5) is 0 Å². The van der Waals surface area contributed by atoms with Gasteiger partial charge in [-0.05, 0) is 53.4 Å². The highest BCUT2D eigenvalue weighted by atomic mass is 79.9. The molecule has 0 spiro atoms. The molecule has 1 aromatic rings. The molecule has 1 aliphatic rings. The fourth-order valence-corrected chi connectivity index (χ4v) is 3.52. The van der Waals surface area contributed by atoms with Crippen molar-refractivity contribution in [3.8, 4) is 5.75 Å². The van der Waals surface area contributed by atoms with Gasteiger partial charge in [0.25, 0.3) is 0 Å². The second-order valence-electron chi connectivity index (χ2n) is 5.78. The quantitative estimate of drug-likeness (QED) is 0.806. The SMILES string of the molecule is COc1ccc(C(C)NC(=O)C2(CN)CCCC2)cc1Br.Cl. The van der Waals surface area contributed by atoms with E-state index in [0.29, 0.717) is 6.54 Å². The molecule has 1 saturated carbocycles. The number of carbonyl (C=O) groups is 1. The summed E-state index contributed by atoms with van der Waals surface area (Å²) in [5.74, 6) is 0.869. The number of hydrogen-bond acceptors (Lipinski definition) is 3. The largest absolute Gasteiger partial charge is 0.496 e. The van der Waals surface area contributed by atoms with Crippen LogP contribution in [0.3, 0.4) is 0 Å². The maximum Gasteiger partial charge on any atom is 0.227 e. The summed E-state index contributed by atoms with van der Waals surface area (Å²) in [5.41, 5.74) is 6.54. The second-order valence-corrected chi connectivity index (χ2v) is 6.64. The van der Waals surface area contributed by atoms with Gasteiger partial charge in [-0.2, -0.15) is 0 Å². The van der Waals surface area contributed by atoms with Gasteiger partial charge in [-0.25, -0.2) is 0 Å². The van der Waals surface area contributed by atoms with Gasteiger partial charge < -0.3 is 15.8 Å². The van der Waals surface area contributed by atoms with E-state index in [1.807, 2.05) is 25.1 Å². The van der Waals surface area contributed by atoms with Gasteiger partial charge in [-0.15, -0.1) is 12.4 Å². The van der Waals surface area contributed by atoms with E-state index in [1.54, 1.807) is 7.11 Å². The Morgan fingerprint density at radius 2 is 2.09 bits per heavy atom. The number of benzene rings is 1. The summed E-state index contributed by atoms with van der Waals surface area (Å²) in [6.07, 6.45) is 3.98. The minimum atomic E-state index is -0.363. The zero-order valence-electron chi connectivity index (χ0n) is 13.0. The topological polar surface area (TPSA) is 64.3 Å². The van der Waals surface area contributed by atoms with Crippen LogP contribution in [0.2, 0.25) is 0 Å². The zero-order valence-corrected chi connectivity index (χ0v) is 15.4. The summed E-state index contributed by atoms with van der Waals surface area (Å²) >= 11 is 3.47. The van der Waals surface area contributed by atoms with Gasteiger partial charge in [0.2, 0.25) is 5.91 Å². The molecule has 1 unspecified atom stereocenters. The van der Waals surface area contributed by atoms with Crippen LogP contribution in [0.1, 0.15) is 44.2 Å². The molecular formula is C16H24BrClN2O2. The predicted octanol–water partition coefficient (Wildman–Crippen LogP) is 3.58. The number of ether oxygens (including phenoxy) is 1. The second kappa shape index (κ2) is 8.18. The van der Waals surface area contributed by atoms with Crippen LogP contribution < -0.4 is 15.8 Å². The van der Waals surface area contributed by atoms with Crippen molar-refractivity contribution in [2.24, 2.45) is 11.1 Å². The highest BCUT2D eigenvalue weighted by Gasteiger charge is 2.40. The Morgan fingerprint density at radius 1 is 1.45 bits per heavy atom. The fraction of sp³-hybridized carbons (Fsp3) is 0.562. The lowest BCUT2D eigenvalue weighted by Crippen LogP contribution is -2.44. The van der Waals surface area contributed by atoms with E-state index in [1.165, 1.54) is 0 Å². The molecule has 4 nitrogen and oxygen atoms in total. The number of hydrogen-bond donors (Lipinski definition) is 2. The van der Waals surface area contributed by atoms with Gasteiger partial charge in [-0.1, -0.05) is 18.9 Å². The molecule has 22 heavy (non-hydrogen) atoms. The van der Waals surface area contributed by atoms with Crippen molar-refractivity contribution in [2.45, 2.75) is 38.6 Å². The van der Waals surface area contributed by atoms with Gasteiger partial charge in [0.1, 0.15) is 5.75 Å². The van der Waals surface area contributed by atoms with Crippen molar-refractivity contribution in [3.63, 3.8) is 0 Å². The number of carbonyl (C=O) groups excluding carboxylic acids is 1. The summed E-state index contributed by atoms with van der Waals surface area (Å²) in [6.45, 7) is 2.42. The third kappa shape index (κ3) is 3.94. The summed E-state index contributed by atoms with van der Waals surface area (Å²) < 4.78 is 6.11. The zero-order chi connectivity index (χ0) is 15.5. The highest BCUT2D eigenvalue weighted by molar-refractivity contribution is 9.10. The van der Waals surface area contributed by atoms with Gasteiger partial charge in [0.05, 0.1) is 23.0 Å². The Kier molecular flexibility index (Phi) is 7.16. The van der Waals surface area contributed by atoms with Gasteiger partial charge in [0, 0.05) is 6.54 Å². The summed E-state index contributed by atoms with van der Waals surface area (Å²) in [4.78, 5) is 12.6. The Morgan fingerprint density at radius 3 is 2.59 bits per heavy atom. The highest BCUT2D eigenvalue weighted by Crippen LogP contribution is 2.38. The molecule has 1 aliphatic carbocycles. The Hall–Kier alpha value is -0.780. The predicted molar refractivity (Wildman–Crippen MR) is 94.5 cm³/mol. The van der Waals surface area contributed by atoms with Crippen molar-refractivity contribution in [3.05, 3.63) is 28.2 Å². The van der Waals surface area contributed by atoms with Crippen LogP contribution in [0.15, 0.2) is 22.7 Å². The maximum atomic E-state index is 12.6. The number of nitrogens with one attached hydrogen (secondary N) is 1. The molecular weight excluding hydrogens is 368 g/mol. The van der Waals surface area contributed by atoms with Crippen LogP contribution in [0.5, 0.6) is 5.75 Å². The molecule has 0 saturated heterocycles. The first-order chi connectivity index (χ1) is 10.0. The normalized spacial score (nSPS) is 17.5. The van der Waals surface area contributed by atoms with Gasteiger partial charge >= 0.3 is 0 Å². The molecule has 124 valence electrons. The molecule has 1 atom stereocenters. The van der Waals surface area contributed by atoms with Crippen LogP contribution in [-0.4, -0.2) is 19.6 Å². The van der Waals surface area contributed by atoms with Crippen LogP contribution in [0.25, 0.3) is 0 Å². The molecule has 0 bridgehead atoms. The lowest BCUT2D eigenvalue weighted by atomic mass is 9.85. The van der Waals surface area contributed by atoms with E-state index < -0.39 is 0 Å². The Labute approximate surface area is 146 Å². The molecule has 1 aromatic carbocycles. The van der Waals surface area contributed by atoms with Crippen molar-refractivity contribution in [1.29, 1.82) is 0 Å².